The Morgan fingerprint density at radius 2 is 2.10 bits per heavy atom. The zero-order valence-corrected chi connectivity index (χ0v) is 12.4. The first-order valence-corrected chi connectivity index (χ1v) is 7.40. The van der Waals surface area contributed by atoms with Crippen molar-refractivity contribution in [1.29, 1.82) is 0 Å². The molecule has 0 aromatic heterocycles. The van der Waals surface area contributed by atoms with E-state index in [4.69, 9.17) is 11.6 Å². The molecule has 1 heterocycles. The standard InChI is InChI=1S/C15H16ClFN2O2/c1-8-15(21)19(13(9-5-6-9)14(20)18-8)7-10-3-2-4-11(16)12(10)17/h2-4,8-9,13H,5-7H2,1H3,(H,18,20). The van der Waals surface area contributed by atoms with Crippen LogP contribution in [0.2, 0.25) is 5.02 Å². The molecule has 1 aliphatic heterocycles. The van der Waals surface area contributed by atoms with Gasteiger partial charge in [-0.15, -0.1) is 0 Å². The number of hydrogen-bond donors (Lipinski definition) is 1. The van der Waals surface area contributed by atoms with Gasteiger partial charge in [-0.3, -0.25) is 9.59 Å². The van der Waals surface area contributed by atoms with Crippen LogP contribution in [0.3, 0.4) is 0 Å². The van der Waals surface area contributed by atoms with Crippen molar-refractivity contribution < 1.29 is 14.0 Å². The fourth-order valence-electron chi connectivity index (χ4n) is 2.80. The maximum absolute atomic E-state index is 14.1. The first-order chi connectivity index (χ1) is 9.99. The van der Waals surface area contributed by atoms with Gasteiger partial charge < -0.3 is 10.2 Å². The normalized spacial score (nSPS) is 26.0. The second kappa shape index (κ2) is 5.30. The van der Waals surface area contributed by atoms with Gasteiger partial charge in [-0.05, 0) is 31.7 Å². The van der Waals surface area contributed by atoms with Crippen molar-refractivity contribution in [3.05, 3.63) is 34.6 Å². The molecular formula is C15H16ClFN2O2. The van der Waals surface area contributed by atoms with Crippen LogP contribution in [0.5, 0.6) is 0 Å². The largest absolute Gasteiger partial charge is 0.343 e. The van der Waals surface area contributed by atoms with Gasteiger partial charge in [-0.1, -0.05) is 23.7 Å². The minimum atomic E-state index is -0.574. The van der Waals surface area contributed by atoms with Crippen molar-refractivity contribution >= 4 is 23.4 Å². The quantitative estimate of drug-likeness (QED) is 0.929. The van der Waals surface area contributed by atoms with E-state index in [1.807, 2.05) is 0 Å². The first-order valence-electron chi connectivity index (χ1n) is 7.03. The smallest absolute Gasteiger partial charge is 0.245 e. The Morgan fingerprint density at radius 1 is 1.38 bits per heavy atom. The van der Waals surface area contributed by atoms with Crippen molar-refractivity contribution in [2.24, 2.45) is 5.92 Å². The van der Waals surface area contributed by atoms with E-state index in [9.17, 15) is 14.0 Å². The molecule has 0 radical (unpaired) electrons. The molecule has 1 saturated carbocycles. The van der Waals surface area contributed by atoms with E-state index in [-0.39, 0.29) is 29.3 Å². The molecule has 112 valence electrons. The molecule has 6 heteroatoms. The maximum Gasteiger partial charge on any atom is 0.245 e. The molecule has 4 nitrogen and oxygen atoms in total. The van der Waals surface area contributed by atoms with Crippen molar-refractivity contribution in [3.8, 4) is 0 Å². The van der Waals surface area contributed by atoms with Crippen LogP contribution in [0, 0.1) is 11.7 Å². The van der Waals surface area contributed by atoms with Gasteiger partial charge in [0.1, 0.15) is 17.9 Å². The SMILES string of the molecule is CC1NC(=O)C(C2CC2)N(Cc2cccc(Cl)c2F)C1=O. The lowest BCUT2D eigenvalue weighted by Crippen LogP contribution is -2.62. The third-order valence-corrected chi connectivity index (χ3v) is 4.35. The summed E-state index contributed by atoms with van der Waals surface area (Å²) in [6.45, 7) is 1.72. The highest BCUT2D eigenvalue weighted by Gasteiger charge is 2.46. The average Bonchev–Trinajstić information content (AvgIpc) is 3.25. The minimum Gasteiger partial charge on any atom is -0.343 e. The summed E-state index contributed by atoms with van der Waals surface area (Å²) in [4.78, 5) is 26.0. The van der Waals surface area contributed by atoms with Crippen LogP contribution in [0.1, 0.15) is 25.3 Å². The molecule has 1 N–H and O–H groups in total. The van der Waals surface area contributed by atoms with Gasteiger partial charge in [0.25, 0.3) is 0 Å². The molecule has 1 saturated heterocycles. The Hall–Kier alpha value is -1.62. The molecule has 0 bridgehead atoms. The third-order valence-electron chi connectivity index (χ3n) is 4.06. The van der Waals surface area contributed by atoms with Gasteiger partial charge in [0.2, 0.25) is 11.8 Å². The molecule has 21 heavy (non-hydrogen) atoms. The maximum atomic E-state index is 14.1. The van der Waals surface area contributed by atoms with Gasteiger partial charge >= 0.3 is 0 Å². The number of hydrogen-bond acceptors (Lipinski definition) is 2. The lowest BCUT2D eigenvalue weighted by Gasteiger charge is -2.38. The molecule has 0 spiro atoms. The highest BCUT2D eigenvalue weighted by atomic mass is 35.5. The first kappa shape index (κ1) is 14.3. The van der Waals surface area contributed by atoms with Gasteiger partial charge in [0.05, 0.1) is 5.02 Å². The molecule has 3 rings (SSSR count). The predicted molar refractivity (Wildman–Crippen MR) is 76.1 cm³/mol. The number of piperazine rings is 1. The second-order valence-electron chi connectivity index (χ2n) is 5.69. The summed E-state index contributed by atoms with van der Waals surface area (Å²) in [5.41, 5.74) is 0.336. The molecular weight excluding hydrogens is 295 g/mol. The number of carbonyl (C=O) groups excluding carboxylic acids is 2. The van der Waals surface area contributed by atoms with Gasteiger partial charge in [0.15, 0.2) is 0 Å². The van der Waals surface area contributed by atoms with Crippen molar-refractivity contribution in [2.45, 2.75) is 38.4 Å². The molecule has 2 fully saturated rings. The second-order valence-corrected chi connectivity index (χ2v) is 6.10. The monoisotopic (exact) mass is 310 g/mol. The number of nitrogens with one attached hydrogen (secondary N) is 1. The average molecular weight is 311 g/mol. The Balaban J connectivity index is 1.91. The van der Waals surface area contributed by atoms with Crippen molar-refractivity contribution in [1.82, 2.24) is 10.2 Å². The van der Waals surface area contributed by atoms with E-state index >= 15 is 0 Å². The molecule has 2 amide bonds. The number of carbonyl (C=O) groups is 2. The number of amides is 2. The molecule has 1 aromatic carbocycles. The number of rotatable bonds is 3. The van der Waals surface area contributed by atoms with Crippen LogP contribution in [0.15, 0.2) is 18.2 Å². The molecule has 1 aliphatic carbocycles. The molecule has 1 aromatic rings. The van der Waals surface area contributed by atoms with Crippen LogP contribution in [0.4, 0.5) is 4.39 Å². The van der Waals surface area contributed by atoms with E-state index in [0.717, 1.165) is 12.8 Å². The number of nitrogens with zero attached hydrogens (tertiary/aromatic N) is 1. The van der Waals surface area contributed by atoms with E-state index in [1.165, 1.54) is 11.0 Å². The zero-order chi connectivity index (χ0) is 15.1. The Bertz CT molecular complexity index is 603. The Kier molecular flexibility index (Phi) is 3.61. The van der Waals surface area contributed by atoms with Crippen LogP contribution in [-0.2, 0) is 16.1 Å². The highest BCUT2D eigenvalue weighted by molar-refractivity contribution is 6.30. The summed E-state index contributed by atoms with van der Waals surface area (Å²) in [6, 6.07) is 3.63. The summed E-state index contributed by atoms with van der Waals surface area (Å²) in [5, 5.41) is 2.72. The number of benzene rings is 1. The topological polar surface area (TPSA) is 49.4 Å². The zero-order valence-electron chi connectivity index (χ0n) is 11.6. The van der Waals surface area contributed by atoms with Crippen LogP contribution in [-0.4, -0.2) is 28.8 Å². The van der Waals surface area contributed by atoms with E-state index in [1.54, 1.807) is 19.1 Å². The predicted octanol–water partition coefficient (Wildman–Crippen LogP) is 2.10. The summed E-state index contributed by atoms with van der Waals surface area (Å²) in [7, 11) is 0. The van der Waals surface area contributed by atoms with Crippen molar-refractivity contribution in [3.63, 3.8) is 0 Å². The summed E-state index contributed by atoms with van der Waals surface area (Å²) >= 11 is 5.78. The van der Waals surface area contributed by atoms with E-state index < -0.39 is 17.9 Å². The van der Waals surface area contributed by atoms with Crippen LogP contribution < -0.4 is 5.32 Å². The summed E-state index contributed by atoms with van der Waals surface area (Å²) in [6.07, 6.45) is 1.85. The Morgan fingerprint density at radius 3 is 2.76 bits per heavy atom. The van der Waals surface area contributed by atoms with Crippen molar-refractivity contribution in [2.75, 3.05) is 0 Å². The Labute approximate surface area is 127 Å². The third kappa shape index (κ3) is 2.62. The van der Waals surface area contributed by atoms with E-state index in [0.29, 0.717) is 5.56 Å². The number of halogens is 2. The lowest BCUT2D eigenvalue weighted by atomic mass is 10.0. The van der Waals surface area contributed by atoms with Gasteiger partial charge in [-0.2, -0.15) is 0 Å². The van der Waals surface area contributed by atoms with E-state index in [2.05, 4.69) is 5.32 Å². The lowest BCUT2D eigenvalue weighted by molar-refractivity contribution is -0.150. The fraction of sp³-hybridized carbons (Fsp3) is 0.467. The van der Waals surface area contributed by atoms with Crippen LogP contribution in [0.25, 0.3) is 0 Å². The minimum absolute atomic E-state index is 0.0254. The molecule has 2 unspecified atom stereocenters. The van der Waals surface area contributed by atoms with Gasteiger partial charge in [-0.25, -0.2) is 4.39 Å². The molecule has 2 atom stereocenters. The fourth-order valence-corrected chi connectivity index (χ4v) is 2.99. The summed E-state index contributed by atoms with van der Waals surface area (Å²) < 4.78 is 14.1. The summed E-state index contributed by atoms with van der Waals surface area (Å²) in [5.74, 6) is -0.665. The highest BCUT2D eigenvalue weighted by Crippen LogP contribution is 2.37. The molecule has 2 aliphatic rings. The van der Waals surface area contributed by atoms with Gasteiger partial charge in [0, 0.05) is 12.1 Å². The van der Waals surface area contributed by atoms with Crippen LogP contribution >= 0.6 is 11.6 Å².